The first-order valence-corrected chi connectivity index (χ1v) is 7.39. The van der Waals surface area contributed by atoms with Gasteiger partial charge in [-0.2, -0.15) is 0 Å². The van der Waals surface area contributed by atoms with E-state index >= 15 is 0 Å². The number of thioether (sulfide) groups is 1. The minimum absolute atomic E-state index is 0.549. The molecule has 1 atom stereocenters. The standard InChI is InChI=1S/C14H21NO2S/c1-4-5-10-15(2)13(14(16)17)11-6-8-12(18-3)9-7-11/h6-9,13H,4-5,10H2,1-3H3,(H,16,17). The maximum atomic E-state index is 11.4. The molecular formula is C14H21NO2S. The molecule has 0 aliphatic rings. The normalized spacial score (nSPS) is 12.7. The molecular weight excluding hydrogens is 246 g/mol. The van der Waals surface area contributed by atoms with Crippen molar-refractivity contribution in [2.24, 2.45) is 0 Å². The Kier molecular flexibility index (Phi) is 6.22. The molecule has 0 saturated carbocycles. The Morgan fingerprint density at radius 1 is 1.39 bits per heavy atom. The van der Waals surface area contributed by atoms with Gasteiger partial charge in [0.1, 0.15) is 6.04 Å². The number of carbonyl (C=O) groups is 1. The average molecular weight is 267 g/mol. The van der Waals surface area contributed by atoms with Crippen LogP contribution in [0.2, 0.25) is 0 Å². The Bertz CT molecular complexity index is 378. The Labute approximate surface area is 113 Å². The zero-order valence-corrected chi connectivity index (χ0v) is 12.0. The van der Waals surface area contributed by atoms with Gasteiger partial charge in [-0.3, -0.25) is 9.69 Å². The molecule has 0 aromatic heterocycles. The number of hydrogen-bond donors (Lipinski definition) is 1. The van der Waals surface area contributed by atoms with Gasteiger partial charge in [0.25, 0.3) is 0 Å². The fourth-order valence-electron chi connectivity index (χ4n) is 1.91. The summed E-state index contributed by atoms with van der Waals surface area (Å²) in [5, 5.41) is 9.38. The lowest BCUT2D eigenvalue weighted by molar-refractivity contribution is -0.143. The summed E-state index contributed by atoms with van der Waals surface area (Å²) in [7, 11) is 1.87. The molecule has 0 bridgehead atoms. The topological polar surface area (TPSA) is 40.5 Å². The lowest BCUT2D eigenvalue weighted by atomic mass is 10.1. The lowest BCUT2D eigenvalue weighted by Gasteiger charge is -2.24. The number of unbranched alkanes of at least 4 members (excludes halogenated alkanes) is 1. The Hall–Kier alpha value is -1.00. The van der Waals surface area contributed by atoms with Crippen LogP contribution in [0.15, 0.2) is 29.2 Å². The van der Waals surface area contributed by atoms with Crippen molar-refractivity contribution in [3.63, 3.8) is 0 Å². The molecule has 1 aromatic rings. The van der Waals surface area contributed by atoms with Crippen molar-refractivity contribution in [1.29, 1.82) is 0 Å². The first-order valence-electron chi connectivity index (χ1n) is 6.17. The third-order valence-electron chi connectivity index (χ3n) is 2.97. The molecule has 0 saturated heterocycles. The summed E-state index contributed by atoms with van der Waals surface area (Å²) in [5.41, 5.74) is 0.846. The van der Waals surface area contributed by atoms with Crippen molar-refractivity contribution in [2.45, 2.75) is 30.7 Å². The van der Waals surface area contributed by atoms with Crippen LogP contribution in [0.25, 0.3) is 0 Å². The molecule has 3 nitrogen and oxygen atoms in total. The zero-order valence-electron chi connectivity index (χ0n) is 11.2. The Balaban J connectivity index is 2.86. The third-order valence-corrected chi connectivity index (χ3v) is 3.71. The van der Waals surface area contributed by atoms with E-state index in [1.807, 2.05) is 42.5 Å². The SMILES string of the molecule is CCCCN(C)C(C(=O)O)c1ccc(SC)cc1. The molecule has 0 radical (unpaired) electrons. The molecule has 1 rings (SSSR count). The molecule has 0 fully saturated rings. The van der Waals surface area contributed by atoms with E-state index in [-0.39, 0.29) is 0 Å². The first kappa shape index (κ1) is 15.1. The van der Waals surface area contributed by atoms with Crippen LogP contribution in [-0.2, 0) is 4.79 Å². The van der Waals surface area contributed by atoms with E-state index in [2.05, 4.69) is 6.92 Å². The maximum absolute atomic E-state index is 11.4. The van der Waals surface area contributed by atoms with E-state index in [0.717, 1.165) is 29.8 Å². The van der Waals surface area contributed by atoms with Crippen LogP contribution >= 0.6 is 11.8 Å². The molecule has 100 valence electrons. The molecule has 1 N–H and O–H groups in total. The largest absolute Gasteiger partial charge is 0.480 e. The van der Waals surface area contributed by atoms with Gasteiger partial charge in [0, 0.05) is 4.90 Å². The van der Waals surface area contributed by atoms with Crippen LogP contribution in [-0.4, -0.2) is 35.8 Å². The number of nitrogens with zero attached hydrogens (tertiary/aromatic N) is 1. The van der Waals surface area contributed by atoms with Crippen molar-refractivity contribution in [2.75, 3.05) is 19.8 Å². The highest BCUT2D eigenvalue weighted by Gasteiger charge is 2.23. The molecule has 0 amide bonds. The van der Waals surface area contributed by atoms with Gasteiger partial charge in [-0.1, -0.05) is 25.5 Å². The summed E-state index contributed by atoms with van der Waals surface area (Å²) in [4.78, 5) is 14.5. The van der Waals surface area contributed by atoms with E-state index < -0.39 is 12.0 Å². The number of benzene rings is 1. The van der Waals surface area contributed by atoms with Gasteiger partial charge in [-0.25, -0.2) is 0 Å². The predicted molar refractivity (Wildman–Crippen MR) is 76.1 cm³/mol. The van der Waals surface area contributed by atoms with Gasteiger partial charge in [0.15, 0.2) is 0 Å². The molecule has 0 aliphatic heterocycles. The number of carboxylic acid groups (broad SMARTS) is 1. The van der Waals surface area contributed by atoms with Crippen molar-refractivity contribution in [3.05, 3.63) is 29.8 Å². The summed E-state index contributed by atoms with van der Waals surface area (Å²) in [6.45, 7) is 2.91. The van der Waals surface area contributed by atoms with E-state index in [4.69, 9.17) is 0 Å². The number of hydrogen-bond acceptors (Lipinski definition) is 3. The van der Waals surface area contributed by atoms with Gasteiger partial charge in [-0.15, -0.1) is 11.8 Å². The smallest absolute Gasteiger partial charge is 0.325 e. The highest BCUT2D eigenvalue weighted by atomic mass is 32.2. The number of rotatable bonds is 7. The van der Waals surface area contributed by atoms with Crippen molar-refractivity contribution >= 4 is 17.7 Å². The highest BCUT2D eigenvalue weighted by molar-refractivity contribution is 7.98. The van der Waals surface area contributed by atoms with Crippen molar-refractivity contribution in [1.82, 2.24) is 4.90 Å². The van der Waals surface area contributed by atoms with Gasteiger partial charge in [-0.05, 0) is 44.0 Å². The van der Waals surface area contributed by atoms with Crippen LogP contribution in [0.3, 0.4) is 0 Å². The minimum atomic E-state index is -0.787. The second-order valence-electron chi connectivity index (χ2n) is 4.35. The number of aliphatic carboxylic acids is 1. The monoisotopic (exact) mass is 267 g/mol. The second-order valence-corrected chi connectivity index (χ2v) is 5.23. The molecule has 1 aromatic carbocycles. The quantitative estimate of drug-likeness (QED) is 0.770. The van der Waals surface area contributed by atoms with Crippen LogP contribution in [0.1, 0.15) is 31.4 Å². The van der Waals surface area contributed by atoms with Crippen molar-refractivity contribution in [3.8, 4) is 0 Å². The summed E-state index contributed by atoms with van der Waals surface area (Å²) in [6.07, 6.45) is 4.10. The summed E-state index contributed by atoms with van der Waals surface area (Å²) in [6, 6.07) is 7.22. The Morgan fingerprint density at radius 3 is 2.44 bits per heavy atom. The molecule has 18 heavy (non-hydrogen) atoms. The van der Waals surface area contributed by atoms with Gasteiger partial charge < -0.3 is 5.11 Å². The molecule has 4 heteroatoms. The van der Waals surface area contributed by atoms with Gasteiger partial charge in [0.05, 0.1) is 0 Å². The molecule has 0 spiro atoms. The third kappa shape index (κ3) is 4.03. The number of likely N-dealkylation sites (N-methyl/N-ethyl adjacent to an activating group) is 1. The van der Waals surface area contributed by atoms with Crippen molar-refractivity contribution < 1.29 is 9.90 Å². The van der Waals surface area contributed by atoms with Crippen LogP contribution in [0, 0.1) is 0 Å². The highest BCUT2D eigenvalue weighted by Crippen LogP contribution is 2.23. The summed E-state index contributed by atoms with van der Waals surface area (Å²) >= 11 is 1.66. The molecule has 1 unspecified atom stereocenters. The summed E-state index contributed by atoms with van der Waals surface area (Å²) < 4.78 is 0. The van der Waals surface area contributed by atoms with Gasteiger partial charge in [0.2, 0.25) is 0 Å². The van der Waals surface area contributed by atoms with E-state index in [1.165, 1.54) is 0 Å². The number of carboxylic acids is 1. The van der Waals surface area contributed by atoms with E-state index in [0.29, 0.717) is 0 Å². The minimum Gasteiger partial charge on any atom is -0.480 e. The van der Waals surface area contributed by atoms with Crippen LogP contribution in [0.5, 0.6) is 0 Å². The second kappa shape index (κ2) is 7.44. The summed E-state index contributed by atoms with van der Waals surface area (Å²) in [5.74, 6) is -0.787. The molecule has 0 aliphatic carbocycles. The maximum Gasteiger partial charge on any atom is 0.325 e. The fraction of sp³-hybridized carbons (Fsp3) is 0.500. The van der Waals surface area contributed by atoms with E-state index in [1.54, 1.807) is 11.8 Å². The average Bonchev–Trinajstić information content (AvgIpc) is 2.37. The van der Waals surface area contributed by atoms with Gasteiger partial charge >= 0.3 is 5.97 Å². The van der Waals surface area contributed by atoms with Crippen LogP contribution < -0.4 is 0 Å². The first-order chi connectivity index (χ1) is 8.60. The van der Waals surface area contributed by atoms with E-state index in [9.17, 15) is 9.90 Å². The fourth-order valence-corrected chi connectivity index (χ4v) is 2.32. The van der Waals surface area contributed by atoms with Crippen LogP contribution in [0.4, 0.5) is 0 Å². The zero-order chi connectivity index (χ0) is 13.5. The predicted octanol–water partition coefficient (Wildman–Crippen LogP) is 3.27. The lowest BCUT2D eigenvalue weighted by Crippen LogP contribution is -2.31. The Morgan fingerprint density at radius 2 is 2.00 bits per heavy atom. The molecule has 0 heterocycles.